The smallest absolute Gasteiger partial charge is 0.336 e. The molecule has 0 heterocycles. The monoisotopic (exact) mass is 1150 g/mol. The van der Waals surface area contributed by atoms with E-state index in [1.165, 1.54) is 54.0 Å². The summed E-state index contributed by atoms with van der Waals surface area (Å²) < 4.78 is 16.5. The van der Waals surface area contributed by atoms with Gasteiger partial charge in [0.2, 0.25) is 0 Å². The molecule has 0 saturated carbocycles. The van der Waals surface area contributed by atoms with Crippen molar-refractivity contribution >= 4 is 77.2 Å². The van der Waals surface area contributed by atoms with Gasteiger partial charge < -0.3 is 14.2 Å². The zero-order valence-electron chi connectivity index (χ0n) is 47.7. The molecule has 0 N–H and O–H groups in total. The van der Waals surface area contributed by atoms with Crippen LogP contribution in [0.5, 0.6) is 17.2 Å². The maximum absolute atomic E-state index is 12.7. The van der Waals surface area contributed by atoms with E-state index in [2.05, 4.69) is 173 Å². The summed E-state index contributed by atoms with van der Waals surface area (Å²) in [4.78, 5) is 44.1. The highest BCUT2D eigenvalue weighted by molar-refractivity contribution is 8.02. The van der Waals surface area contributed by atoms with Crippen LogP contribution < -0.4 is 14.2 Å². The number of allylic oxidation sites excluding steroid dienone is 3. The Kier molecular flexibility index (Phi) is 24.6. The van der Waals surface area contributed by atoms with Gasteiger partial charge in [-0.05, 0) is 177 Å². The van der Waals surface area contributed by atoms with Crippen molar-refractivity contribution in [2.24, 2.45) is 5.41 Å². The predicted molar refractivity (Wildman–Crippen MR) is 337 cm³/mol. The van der Waals surface area contributed by atoms with E-state index < -0.39 is 17.4 Å². The Balaban J connectivity index is 0.000000361. The van der Waals surface area contributed by atoms with Crippen molar-refractivity contribution in [1.82, 2.24) is 0 Å². The van der Waals surface area contributed by atoms with Crippen LogP contribution in [0.15, 0.2) is 240 Å². The minimum Gasteiger partial charge on any atom is -0.429 e. The van der Waals surface area contributed by atoms with Crippen LogP contribution in [0, 0.1) is 12.3 Å². The molecule has 0 aliphatic rings. The first-order chi connectivity index (χ1) is 37.4. The van der Waals surface area contributed by atoms with Gasteiger partial charge in [-0.25, -0.2) is 9.59 Å². The summed E-state index contributed by atoms with van der Waals surface area (Å²) in [5.74, 6) is 0.315. The molecule has 7 rings (SSSR count). The highest BCUT2D eigenvalue weighted by atomic mass is 32.2. The standard InChI is InChI=1S/C44H40O6S3.C17H20S2.C7H14/c1-6-7-41(46)49-35-16-10-32(11-17-35)44(5,31-8-14-34(15-9-31)48-30-45)33-12-18-36(19-13-33)50-42(47)28-29-51-37-20-22-38(23-21-37)52-39-24-26-40(27-25-39)53-43(2,3)4;1-13-5-7-14(8-6-13)18-15-9-11-16(12-10-15)19-17(2,3)4;1-5-6-7(2,3)4/h6-30H,1-5H3;5-12H,1-4H3;5-6H,1-4H3/b7-6+,29-28+;;6-5+. The van der Waals surface area contributed by atoms with E-state index in [1.54, 1.807) is 66.6 Å². The zero-order valence-corrected chi connectivity index (χ0v) is 51.8. The highest BCUT2D eigenvalue weighted by Crippen LogP contribution is 2.41. The molecule has 7 aromatic rings. The Bertz CT molecular complexity index is 3090. The van der Waals surface area contributed by atoms with Crippen LogP contribution in [0.3, 0.4) is 0 Å². The van der Waals surface area contributed by atoms with Gasteiger partial charge >= 0.3 is 11.9 Å². The quantitative estimate of drug-likeness (QED) is 0.0166. The average Bonchev–Trinajstić information content (AvgIpc) is 3.45. The molecule has 0 spiro atoms. The Morgan fingerprint density at radius 3 is 1.09 bits per heavy atom. The number of hydrogen-bond acceptors (Lipinski definition) is 11. The number of aryl methyl sites for hydroxylation is 1. The molecule has 0 amide bonds. The molecular weight excluding hydrogens is 1070 g/mol. The summed E-state index contributed by atoms with van der Waals surface area (Å²) in [5, 5.41) is 1.72. The lowest BCUT2D eigenvalue weighted by Gasteiger charge is -2.32. The molecule has 0 bridgehead atoms. The first-order valence-corrected chi connectivity index (χ1v) is 30.1. The largest absolute Gasteiger partial charge is 0.429 e. The zero-order chi connectivity index (χ0) is 57.6. The van der Waals surface area contributed by atoms with Crippen LogP contribution in [-0.4, -0.2) is 27.9 Å². The molecule has 79 heavy (non-hydrogen) atoms. The number of esters is 2. The van der Waals surface area contributed by atoms with Gasteiger partial charge in [0.15, 0.2) is 0 Å². The number of thioether (sulfide) groups is 3. The third kappa shape index (κ3) is 22.9. The fourth-order valence-electron chi connectivity index (χ4n) is 7.56. The summed E-state index contributed by atoms with van der Waals surface area (Å²) in [7, 11) is 0. The lowest BCUT2D eigenvalue weighted by molar-refractivity contribution is -0.129. The number of ether oxygens (including phenoxy) is 3. The van der Waals surface area contributed by atoms with Crippen molar-refractivity contribution in [3.63, 3.8) is 0 Å². The first-order valence-electron chi connectivity index (χ1n) is 26.0. The van der Waals surface area contributed by atoms with Crippen LogP contribution in [-0.2, 0) is 19.8 Å². The number of hydrogen-bond donors (Lipinski definition) is 0. The molecule has 1 atom stereocenters. The molecule has 11 heteroatoms. The summed E-state index contributed by atoms with van der Waals surface area (Å²) in [6.45, 7) is 28.3. The molecule has 1 unspecified atom stereocenters. The van der Waals surface area contributed by atoms with E-state index in [-0.39, 0.29) is 9.49 Å². The topological polar surface area (TPSA) is 78.9 Å². The third-order valence-electron chi connectivity index (χ3n) is 11.1. The predicted octanol–water partition coefficient (Wildman–Crippen LogP) is 20.0. The van der Waals surface area contributed by atoms with E-state index in [9.17, 15) is 14.4 Å². The molecule has 0 aromatic heterocycles. The van der Waals surface area contributed by atoms with Gasteiger partial charge in [0.25, 0.3) is 6.47 Å². The van der Waals surface area contributed by atoms with Gasteiger partial charge in [-0.3, -0.25) is 4.79 Å². The van der Waals surface area contributed by atoms with Crippen LogP contribution in [0.4, 0.5) is 0 Å². The second-order valence-corrected chi connectivity index (χ2v) is 28.5. The maximum Gasteiger partial charge on any atom is 0.336 e. The SMILES string of the molecule is C/C=C/C(=O)Oc1ccc(C(C)(c2ccc(OC=O)cc2)c2ccc(OC(=O)/C=C/Sc3ccc(Sc4ccc(SC(C)(C)C)cc4)cc3)cc2)cc1.C/C=C/C(C)(C)C.Cc1ccc(Sc2ccc(SC(C)(C)C)cc2)cc1. The average molecular weight is 1150 g/mol. The van der Waals surface area contributed by atoms with E-state index in [0.717, 1.165) is 26.5 Å². The second-order valence-electron chi connectivity index (χ2n) is 21.4. The summed E-state index contributed by atoms with van der Waals surface area (Å²) in [5.41, 5.74) is 3.78. The van der Waals surface area contributed by atoms with Crippen molar-refractivity contribution < 1.29 is 28.6 Å². The highest BCUT2D eigenvalue weighted by Gasteiger charge is 2.32. The number of benzene rings is 7. The Morgan fingerprint density at radius 1 is 0.418 bits per heavy atom. The molecule has 412 valence electrons. The lowest BCUT2D eigenvalue weighted by atomic mass is 9.71. The van der Waals surface area contributed by atoms with Gasteiger partial charge in [-0.15, -0.1) is 23.5 Å². The van der Waals surface area contributed by atoms with Crippen LogP contribution in [0.25, 0.3) is 0 Å². The molecule has 0 radical (unpaired) electrons. The Morgan fingerprint density at radius 2 is 0.759 bits per heavy atom. The molecule has 6 nitrogen and oxygen atoms in total. The maximum atomic E-state index is 12.7. The molecule has 7 aromatic carbocycles. The molecule has 0 fully saturated rings. The summed E-state index contributed by atoms with van der Waals surface area (Å²) in [6, 6.07) is 56.3. The van der Waals surface area contributed by atoms with Gasteiger partial charge in [0.1, 0.15) is 17.2 Å². The molecule has 0 aliphatic carbocycles. The molecule has 0 saturated heterocycles. The van der Waals surface area contributed by atoms with Gasteiger partial charge in [0.05, 0.1) is 0 Å². The van der Waals surface area contributed by atoms with Crippen LogP contribution in [0.1, 0.15) is 105 Å². The Labute approximate surface area is 492 Å². The lowest BCUT2D eigenvalue weighted by Crippen LogP contribution is -2.25. The van der Waals surface area contributed by atoms with Gasteiger partial charge in [0, 0.05) is 61.3 Å². The van der Waals surface area contributed by atoms with Crippen molar-refractivity contribution in [2.45, 2.75) is 139 Å². The fraction of sp³-hybridized carbons (Fsp3) is 0.250. The van der Waals surface area contributed by atoms with Crippen LogP contribution in [0.2, 0.25) is 0 Å². The summed E-state index contributed by atoms with van der Waals surface area (Å²) >= 11 is 8.73. The minimum atomic E-state index is -0.672. The van der Waals surface area contributed by atoms with E-state index in [1.807, 2.05) is 90.7 Å². The number of carbonyl (C=O) groups excluding carboxylic acids is 3. The van der Waals surface area contributed by atoms with Crippen LogP contribution >= 0.6 is 58.8 Å². The third-order valence-corrected chi connectivity index (χ3v) is 16.2. The molecule has 0 aliphatic heterocycles. The first kappa shape index (κ1) is 63.7. The number of rotatable bonds is 17. The van der Waals surface area contributed by atoms with E-state index in [0.29, 0.717) is 29.1 Å². The van der Waals surface area contributed by atoms with Gasteiger partial charge in [-0.1, -0.05) is 170 Å². The van der Waals surface area contributed by atoms with E-state index >= 15 is 0 Å². The molecular formula is C68H74O6S5. The normalized spacial score (nSPS) is 12.5. The fourth-order valence-corrected chi connectivity index (χ4v) is 11.8. The minimum absolute atomic E-state index is 0.177. The van der Waals surface area contributed by atoms with E-state index in [4.69, 9.17) is 14.2 Å². The van der Waals surface area contributed by atoms with Gasteiger partial charge in [-0.2, -0.15) is 0 Å². The second kappa shape index (κ2) is 30.5. The summed E-state index contributed by atoms with van der Waals surface area (Å²) in [6.07, 6.45) is 8.66. The van der Waals surface area contributed by atoms with Crippen molar-refractivity contribution in [2.75, 3.05) is 0 Å². The van der Waals surface area contributed by atoms with Crippen molar-refractivity contribution in [1.29, 1.82) is 0 Å². The number of carbonyl (C=O) groups is 3. The van der Waals surface area contributed by atoms with Crippen molar-refractivity contribution in [3.05, 3.63) is 228 Å². The Hall–Kier alpha value is -6.08. The van der Waals surface area contributed by atoms with Crippen molar-refractivity contribution in [3.8, 4) is 17.2 Å².